The molecule has 1 fully saturated rings. The zero-order valence-electron chi connectivity index (χ0n) is 17.4. The molecule has 0 radical (unpaired) electrons. The summed E-state index contributed by atoms with van der Waals surface area (Å²) in [7, 11) is 2.16. The Kier molecular flexibility index (Phi) is 5.45. The molecule has 0 bridgehead atoms. The van der Waals surface area contributed by atoms with Crippen molar-refractivity contribution in [1.29, 1.82) is 0 Å². The molecule has 1 aromatic heterocycles. The van der Waals surface area contributed by atoms with E-state index in [1.165, 1.54) is 22.9 Å². The van der Waals surface area contributed by atoms with Crippen molar-refractivity contribution in [2.24, 2.45) is 0 Å². The Morgan fingerprint density at radius 1 is 1.23 bits per heavy atom. The summed E-state index contributed by atoms with van der Waals surface area (Å²) in [5.41, 5.74) is 4.39. The second-order valence-corrected chi connectivity index (χ2v) is 9.57. The maximum Gasteiger partial charge on any atom is 0.237 e. The number of likely N-dealkylation sites (N-methyl/N-ethyl adjacent to an activating group) is 1. The van der Waals surface area contributed by atoms with E-state index in [2.05, 4.69) is 52.6 Å². The van der Waals surface area contributed by atoms with Gasteiger partial charge in [0.1, 0.15) is 0 Å². The number of hydrogen-bond donors (Lipinski definition) is 0. The molecule has 0 N–H and O–H groups in total. The third-order valence-electron chi connectivity index (χ3n) is 6.06. The lowest BCUT2D eigenvalue weighted by Crippen LogP contribution is -2.47. The number of carbonyl (C=O) groups is 1. The lowest BCUT2D eigenvalue weighted by Gasteiger charge is -2.36. The van der Waals surface area contributed by atoms with E-state index < -0.39 is 0 Å². The molecule has 9 heteroatoms. The number of hydrogen-bond acceptors (Lipinski definition) is 6. The fourth-order valence-corrected chi connectivity index (χ4v) is 5.49. The van der Waals surface area contributed by atoms with Gasteiger partial charge in [-0.15, -0.1) is 5.10 Å². The van der Waals surface area contributed by atoms with Gasteiger partial charge in [0.2, 0.25) is 11.1 Å². The minimum Gasteiger partial charge on any atom is -0.308 e. The van der Waals surface area contributed by atoms with Gasteiger partial charge in [-0.1, -0.05) is 41.1 Å². The number of tetrazole rings is 1. The summed E-state index contributed by atoms with van der Waals surface area (Å²) >= 11 is 7.34. The van der Waals surface area contributed by atoms with Crippen LogP contribution in [0.4, 0.5) is 5.69 Å². The zero-order valence-corrected chi connectivity index (χ0v) is 19.0. The molecular formula is C22H23ClN6OS. The summed E-state index contributed by atoms with van der Waals surface area (Å²) in [5.74, 6) is 0.736. The third kappa shape index (κ3) is 3.84. The van der Waals surface area contributed by atoms with Crippen molar-refractivity contribution in [3.8, 4) is 5.69 Å². The average molecular weight is 455 g/mol. The van der Waals surface area contributed by atoms with Crippen LogP contribution in [0, 0.1) is 6.92 Å². The number of piperidine rings is 1. The van der Waals surface area contributed by atoms with Crippen molar-refractivity contribution in [2.45, 2.75) is 30.5 Å². The van der Waals surface area contributed by atoms with Crippen LogP contribution in [0.2, 0.25) is 5.02 Å². The third-order valence-corrected chi connectivity index (χ3v) is 7.21. The van der Waals surface area contributed by atoms with Crippen molar-refractivity contribution < 1.29 is 4.79 Å². The molecule has 0 unspecified atom stereocenters. The molecule has 3 aromatic rings. The first-order chi connectivity index (χ1) is 15.0. The average Bonchev–Trinajstić information content (AvgIpc) is 3.35. The minimum atomic E-state index is 0.0952. The lowest BCUT2D eigenvalue weighted by atomic mass is 9.89. The Balaban J connectivity index is 1.37. The van der Waals surface area contributed by atoms with E-state index in [4.69, 9.17) is 11.6 Å². The molecule has 31 heavy (non-hydrogen) atoms. The van der Waals surface area contributed by atoms with Gasteiger partial charge in [-0.25, -0.2) is 0 Å². The van der Waals surface area contributed by atoms with Gasteiger partial charge in [-0.05, 0) is 73.3 Å². The number of amides is 1. The number of carbonyl (C=O) groups excluding carboxylic acids is 1. The fraction of sp³-hybridized carbons (Fsp3) is 0.364. The standard InChI is InChI=1S/C22H23ClN6OS/c1-14-3-8-19-17(11-14)18-12-27(2)10-9-20(18)28(19)21(30)13-31-22-24-25-26-29(22)16-6-4-15(23)5-7-16/h3-8,11,18,20H,9-10,12-13H2,1-2H3/t18-,20+/m1/s1. The van der Waals surface area contributed by atoms with Crippen molar-refractivity contribution in [1.82, 2.24) is 25.1 Å². The van der Waals surface area contributed by atoms with Gasteiger partial charge >= 0.3 is 0 Å². The minimum absolute atomic E-state index is 0.0952. The van der Waals surface area contributed by atoms with Crippen LogP contribution in [-0.2, 0) is 4.79 Å². The van der Waals surface area contributed by atoms with Gasteiger partial charge in [-0.2, -0.15) is 4.68 Å². The van der Waals surface area contributed by atoms with Gasteiger partial charge in [0, 0.05) is 29.2 Å². The SMILES string of the molecule is Cc1ccc2c(c1)[C@H]1CN(C)CC[C@@H]1N2C(=O)CSc1nnnn1-c1ccc(Cl)cc1. The van der Waals surface area contributed by atoms with Crippen LogP contribution in [-0.4, -0.2) is 62.9 Å². The molecule has 0 saturated carbocycles. The van der Waals surface area contributed by atoms with Crippen LogP contribution in [0.25, 0.3) is 5.69 Å². The number of aryl methyl sites for hydroxylation is 1. The van der Waals surface area contributed by atoms with Crippen molar-refractivity contribution in [3.05, 3.63) is 58.6 Å². The maximum absolute atomic E-state index is 13.4. The number of rotatable bonds is 4. The largest absolute Gasteiger partial charge is 0.308 e. The van der Waals surface area contributed by atoms with E-state index in [0.29, 0.717) is 16.1 Å². The predicted octanol–water partition coefficient (Wildman–Crippen LogP) is 3.55. The Bertz CT molecular complexity index is 1120. The highest BCUT2D eigenvalue weighted by Crippen LogP contribution is 2.45. The number of nitrogens with zero attached hydrogens (tertiary/aromatic N) is 6. The molecule has 0 aliphatic carbocycles. The molecule has 2 aliphatic rings. The van der Waals surface area contributed by atoms with Gasteiger partial charge in [0.25, 0.3) is 0 Å². The number of anilines is 1. The number of likely N-dealkylation sites (tertiary alicyclic amines) is 1. The summed E-state index contributed by atoms with van der Waals surface area (Å²) in [6, 6.07) is 13.9. The molecular weight excluding hydrogens is 432 g/mol. The zero-order chi connectivity index (χ0) is 21.5. The Labute approximate surface area is 190 Å². The van der Waals surface area contributed by atoms with Crippen molar-refractivity contribution >= 4 is 35.0 Å². The monoisotopic (exact) mass is 454 g/mol. The quantitative estimate of drug-likeness (QED) is 0.561. The number of thioether (sulfide) groups is 1. The summed E-state index contributed by atoms with van der Waals surface area (Å²) in [5, 5.41) is 13.2. The van der Waals surface area contributed by atoms with Crippen LogP contribution < -0.4 is 4.90 Å². The molecule has 2 atom stereocenters. The highest BCUT2D eigenvalue weighted by molar-refractivity contribution is 7.99. The first-order valence-corrected chi connectivity index (χ1v) is 11.7. The van der Waals surface area contributed by atoms with Crippen LogP contribution in [0.1, 0.15) is 23.5 Å². The normalized spacial score (nSPS) is 20.5. The first-order valence-electron chi connectivity index (χ1n) is 10.3. The van der Waals surface area contributed by atoms with E-state index in [0.717, 1.165) is 30.9 Å². The molecule has 2 aromatic carbocycles. The van der Waals surface area contributed by atoms with Crippen molar-refractivity contribution in [3.63, 3.8) is 0 Å². The smallest absolute Gasteiger partial charge is 0.237 e. The topological polar surface area (TPSA) is 67.2 Å². The van der Waals surface area contributed by atoms with Crippen molar-refractivity contribution in [2.75, 3.05) is 30.8 Å². The highest BCUT2D eigenvalue weighted by atomic mass is 35.5. The summed E-state index contributed by atoms with van der Waals surface area (Å²) < 4.78 is 1.63. The number of halogens is 1. The summed E-state index contributed by atoms with van der Waals surface area (Å²) in [6.07, 6.45) is 0.980. The number of benzene rings is 2. The molecule has 160 valence electrons. The van der Waals surface area contributed by atoms with E-state index in [9.17, 15) is 4.79 Å². The van der Waals surface area contributed by atoms with Gasteiger partial charge < -0.3 is 9.80 Å². The fourth-order valence-electron chi connectivity index (χ4n) is 4.61. The van der Waals surface area contributed by atoms with E-state index in [1.807, 2.05) is 17.0 Å². The first kappa shape index (κ1) is 20.5. The maximum atomic E-state index is 13.4. The predicted molar refractivity (Wildman–Crippen MR) is 122 cm³/mol. The molecule has 5 rings (SSSR count). The Hall–Kier alpha value is -2.42. The summed E-state index contributed by atoms with van der Waals surface area (Å²) in [4.78, 5) is 17.8. The molecule has 7 nitrogen and oxygen atoms in total. The Morgan fingerprint density at radius 3 is 2.84 bits per heavy atom. The second-order valence-electron chi connectivity index (χ2n) is 8.19. The summed E-state index contributed by atoms with van der Waals surface area (Å²) in [6.45, 7) is 4.09. The molecule has 3 heterocycles. The van der Waals surface area contributed by atoms with Gasteiger partial charge in [0.15, 0.2) is 0 Å². The molecule has 1 saturated heterocycles. The van der Waals surface area contributed by atoms with E-state index in [-0.39, 0.29) is 17.7 Å². The van der Waals surface area contributed by atoms with Crippen LogP contribution in [0.15, 0.2) is 47.6 Å². The molecule has 1 amide bonds. The number of fused-ring (bicyclic) bond motifs is 3. The van der Waals surface area contributed by atoms with Crippen LogP contribution in [0.5, 0.6) is 0 Å². The van der Waals surface area contributed by atoms with E-state index in [1.54, 1.807) is 16.8 Å². The van der Waals surface area contributed by atoms with Gasteiger partial charge in [0.05, 0.1) is 11.4 Å². The van der Waals surface area contributed by atoms with Crippen LogP contribution in [0.3, 0.4) is 0 Å². The molecule has 0 spiro atoms. The van der Waals surface area contributed by atoms with E-state index >= 15 is 0 Å². The number of aromatic nitrogens is 4. The van der Waals surface area contributed by atoms with Gasteiger partial charge in [-0.3, -0.25) is 4.79 Å². The second kappa shape index (κ2) is 8.26. The Morgan fingerprint density at radius 2 is 2.03 bits per heavy atom. The highest BCUT2D eigenvalue weighted by Gasteiger charge is 2.43. The lowest BCUT2D eigenvalue weighted by molar-refractivity contribution is -0.116. The molecule has 2 aliphatic heterocycles. The van der Waals surface area contributed by atoms with Crippen LogP contribution >= 0.6 is 23.4 Å².